The number of para-hydroxylation sites is 1. The van der Waals surface area contributed by atoms with Gasteiger partial charge >= 0.3 is 0 Å². The summed E-state index contributed by atoms with van der Waals surface area (Å²) in [5.41, 5.74) is 2.69. The molecule has 0 bridgehead atoms. The van der Waals surface area contributed by atoms with Crippen LogP contribution >= 0.6 is 23.1 Å². The van der Waals surface area contributed by atoms with Gasteiger partial charge in [0.25, 0.3) is 5.91 Å². The molecule has 2 aromatic heterocycles. The summed E-state index contributed by atoms with van der Waals surface area (Å²) in [4.78, 5) is 20.1. The van der Waals surface area contributed by atoms with Gasteiger partial charge in [-0.15, -0.1) is 28.2 Å². The number of fused-ring (bicyclic) bond motifs is 1. The van der Waals surface area contributed by atoms with Crippen LogP contribution in [0.25, 0.3) is 5.69 Å². The first-order valence-corrected chi connectivity index (χ1v) is 12.9. The van der Waals surface area contributed by atoms with E-state index in [4.69, 9.17) is 4.98 Å². The summed E-state index contributed by atoms with van der Waals surface area (Å²) in [6.07, 6.45) is 6.97. The zero-order chi connectivity index (χ0) is 22.5. The van der Waals surface area contributed by atoms with Gasteiger partial charge in [0.15, 0.2) is 11.0 Å². The van der Waals surface area contributed by atoms with Gasteiger partial charge in [-0.2, -0.15) is 4.68 Å². The minimum absolute atomic E-state index is 0.137. The highest BCUT2D eigenvalue weighted by Gasteiger charge is 2.18. The quantitative estimate of drug-likeness (QED) is 0.379. The average Bonchev–Trinajstić information content (AvgIpc) is 3.45. The second kappa shape index (κ2) is 10.3. The lowest BCUT2D eigenvalue weighted by Crippen LogP contribution is -2.13. The third-order valence-corrected chi connectivity index (χ3v) is 7.73. The molecule has 0 radical (unpaired) electrons. The van der Waals surface area contributed by atoms with Crippen LogP contribution < -0.4 is 5.32 Å². The molecule has 1 amide bonds. The summed E-state index contributed by atoms with van der Waals surface area (Å²) in [6.45, 7) is 0. The number of thiazole rings is 1. The van der Waals surface area contributed by atoms with E-state index in [0.717, 1.165) is 34.9 Å². The predicted molar refractivity (Wildman–Crippen MR) is 131 cm³/mol. The van der Waals surface area contributed by atoms with E-state index in [2.05, 4.69) is 20.8 Å². The molecule has 5 rings (SSSR count). The number of tetrazole rings is 1. The summed E-state index contributed by atoms with van der Waals surface area (Å²) in [5, 5.41) is 15.9. The van der Waals surface area contributed by atoms with Gasteiger partial charge in [0.05, 0.1) is 22.7 Å². The van der Waals surface area contributed by atoms with Gasteiger partial charge in [-0.05, 0) is 60.4 Å². The molecule has 1 N–H and O–H groups in total. The summed E-state index contributed by atoms with van der Waals surface area (Å²) < 4.78 is 1.72. The highest BCUT2D eigenvalue weighted by atomic mass is 32.2. The number of rotatable bonds is 6. The third kappa shape index (κ3) is 5.15. The molecule has 1 aliphatic carbocycles. The van der Waals surface area contributed by atoms with Crippen molar-refractivity contribution in [1.82, 2.24) is 25.2 Å². The summed E-state index contributed by atoms with van der Waals surface area (Å²) in [7, 11) is 0. The van der Waals surface area contributed by atoms with Crippen molar-refractivity contribution in [1.29, 1.82) is 0 Å². The van der Waals surface area contributed by atoms with Crippen molar-refractivity contribution in [2.24, 2.45) is 0 Å². The maximum Gasteiger partial charge on any atom is 0.258 e. The predicted octanol–water partition coefficient (Wildman–Crippen LogP) is 5.32. The summed E-state index contributed by atoms with van der Waals surface area (Å²) >= 11 is 3.16. The van der Waals surface area contributed by atoms with Crippen molar-refractivity contribution >= 4 is 34.1 Å². The number of nitrogens with zero attached hydrogens (tertiary/aromatic N) is 5. The van der Waals surface area contributed by atoms with Gasteiger partial charge in [-0.3, -0.25) is 10.1 Å². The molecule has 1 aliphatic rings. The van der Waals surface area contributed by atoms with Crippen molar-refractivity contribution in [2.45, 2.75) is 49.2 Å². The van der Waals surface area contributed by atoms with Crippen LogP contribution in [-0.4, -0.2) is 31.1 Å². The Morgan fingerprint density at radius 2 is 1.79 bits per heavy atom. The minimum Gasteiger partial charge on any atom is -0.298 e. The van der Waals surface area contributed by atoms with Crippen LogP contribution in [0, 0.1) is 0 Å². The molecular formula is C24H24N6OS2. The third-order valence-electron chi connectivity index (χ3n) is 5.59. The molecule has 4 aromatic rings. The second-order valence-corrected chi connectivity index (χ2v) is 9.99. The van der Waals surface area contributed by atoms with E-state index >= 15 is 0 Å². The Kier molecular flexibility index (Phi) is 6.78. The van der Waals surface area contributed by atoms with Gasteiger partial charge in [-0.25, -0.2) is 4.98 Å². The Hall–Kier alpha value is -3.04. The van der Waals surface area contributed by atoms with Gasteiger partial charge in [0, 0.05) is 9.77 Å². The van der Waals surface area contributed by atoms with Gasteiger partial charge in [-0.1, -0.05) is 43.2 Å². The van der Waals surface area contributed by atoms with Crippen LogP contribution in [0.15, 0.2) is 59.5 Å². The molecule has 0 fully saturated rings. The van der Waals surface area contributed by atoms with Crippen molar-refractivity contribution in [3.63, 3.8) is 0 Å². The van der Waals surface area contributed by atoms with Crippen LogP contribution in [0.1, 0.15) is 52.4 Å². The zero-order valence-electron chi connectivity index (χ0n) is 18.1. The smallest absolute Gasteiger partial charge is 0.258 e. The molecule has 7 nitrogen and oxygen atoms in total. The summed E-state index contributed by atoms with van der Waals surface area (Å²) in [6, 6.07) is 17.4. The maximum absolute atomic E-state index is 13.1. The van der Waals surface area contributed by atoms with Crippen LogP contribution in [0.3, 0.4) is 0 Å². The maximum atomic E-state index is 13.1. The topological polar surface area (TPSA) is 85.6 Å². The first-order valence-electron chi connectivity index (χ1n) is 11.1. The van der Waals surface area contributed by atoms with Gasteiger partial charge in [0.2, 0.25) is 0 Å². The lowest BCUT2D eigenvalue weighted by molar-refractivity contribution is 0.102. The largest absolute Gasteiger partial charge is 0.298 e. The number of anilines is 1. The Balaban J connectivity index is 1.30. The molecule has 2 heterocycles. The number of hydrogen-bond donors (Lipinski definition) is 1. The van der Waals surface area contributed by atoms with Crippen molar-refractivity contribution in [3.05, 3.63) is 76.6 Å². The molecular weight excluding hydrogens is 452 g/mol. The molecule has 0 spiro atoms. The van der Waals surface area contributed by atoms with Crippen molar-refractivity contribution in [3.8, 4) is 5.69 Å². The number of aromatic nitrogens is 5. The van der Waals surface area contributed by atoms with E-state index in [9.17, 15) is 4.79 Å². The van der Waals surface area contributed by atoms with E-state index in [1.807, 2.05) is 54.6 Å². The fourth-order valence-electron chi connectivity index (χ4n) is 3.91. The first-order chi connectivity index (χ1) is 16.3. The molecule has 2 aromatic carbocycles. The molecule has 168 valence electrons. The molecule has 0 saturated carbocycles. The Labute approximate surface area is 200 Å². The number of carbonyl (C=O) groups is 1. The molecule has 0 atom stereocenters. The highest BCUT2D eigenvalue weighted by molar-refractivity contribution is 7.98. The van der Waals surface area contributed by atoms with Crippen LogP contribution in [-0.2, 0) is 18.6 Å². The van der Waals surface area contributed by atoms with Crippen LogP contribution in [0.2, 0.25) is 0 Å². The highest BCUT2D eigenvalue weighted by Crippen LogP contribution is 2.30. The van der Waals surface area contributed by atoms with E-state index in [0.29, 0.717) is 16.4 Å². The molecule has 0 unspecified atom stereocenters. The van der Waals surface area contributed by atoms with Gasteiger partial charge < -0.3 is 0 Å². The van der Waals surface area contributed by atoms with Crippen LogP contribution in [0.5, 0.6) is 0 Å². The number of hydrogen-bond acceptors (Lipinski definition) is 7. The van der Waals surface area contributed by atoms with E-state index in [1.165, 1.54) is 30.6 Å². The molecule has 0 saturated heterocycles. The normalized spacial score (nSPS) is 13.7. The number of benzene rings is 2. The van der Waals surface area contributed by atoms with E-state index < -0.39 is 0 Å². The standard InChI is InChI=1S/C24H24N6OS2/c31-23(26-24-25-19-13-6-1-2-7-15-21(19)33-24)18-12-8-9-14-20(18)32-16-22-27-28-29-30(22)17-10-4-3-5-11-17/h3-5,8-12,14H,1-2,6-7,13,15-16H2,(H,25,26,31). The zero-order valence-corrected chi connectivity index (χ0v) is 19.7. The Bertz CT molecular complexity index is 1210. The van der Waals surface area contributed by atoms with E-state index in [-0.39, 0.29) is 5.91 Å². The molecule has 9 heteroatoms. The fourth-order valence-corrected chi connectivity index (χ4v) is 5.91. The van der Waals surface area contributed by atoms with Crippen molar-refractivity contribution < 1.29 is 4.79 Å². The van der Waals surface area contributed by atoms with Gasteiger partial charge in [0.1, 0.15) is 0 Å². The summed E-state index contributed by atoms with van der Waals surface area (Å²) in [5.74, 6) is 1.13. The Morgan fingerprint density at radius 1 is 1.00 bits per heavy atom. The fraction of sp³-hybridized carbons (Fsp3) is 0.292. The molecule has 0 aliphatic heterocycles. The minimum atomic E-state index is -0.137. The monoisotopic (exact) mass is 476 g/mol. The molecule has 33 heavy (non-hydrogen) atoms. The number of thioether (sulfide) groups is 1. The SMILES string of the molecule is O=C(Nc1nc2c(s1)CCCCCC2)c1ccccc1SCc1nnnn1-c1ccccc1. The number of amides is 1. The van der Waals surface area contributed by atoms with Crippen LogP contribution in [0.4, 0.5) is 5.13 Å². The lowest BCUT2D eigenvalue weighted by atomic mass is 10.0. The second-order valence-electron chi connectivity index (χ2n) is 7.88. The number of nitrogens with one attached hydrogen (secondary N) is 1. The van der Waals surface area contributed by atoms with E-state index in [1.54, 1.807) is 27.8 Å². The number of carbonyl (C=O) groups excluding carboxylic acids is 1. The first kappa shape index (κ1) is 21.8. The van der Waals surface area contributed by atoms with Crippen molar-refractivity contribution in [2.75, 3.05) is 5.32 Å². The average molecular weight is 477 g/mol. The lowest BCUT2D eigenvalue weighted by Gasteiger charge is -2.09. The number of aryl methyl sites for hydroxylation is 2. The Morgan fingerprint density at radius 3 is 2.67 bits per heavy atom.